The summed E-state index contributed by atoms with van der Waals surface area (Å²) < 4.78 is 4.67. The van der Waals surface area contributed by atoms with Gasteiger partial charge in [0.2, 0.25) is 0 Å². The van der Waals surface area contributed by atoms with Crippen LogP contribution < -0.4 is 0 Å². The summed E-state index contributed by atoms with van der Waals surface area (Å²) in [5.41, 5.74) is 0. The summed E-state index contributed by atoms with van der Waals surface area (Å²) in [6.07, 6.45) is 0. The zero-order valence-corrected chi connectivity index (χ0v) is 7.91. The van der Waals surface area contributed by atoms with Gasteiger partial charge in [-0.15, -0.1) is 17.0 Å². The van der Waals surface area contributed by atoms with E-state index < -0.39 is 0 Å². The second-order valence-corrected chi connectivity index (χ2v) is 1.35. The van der Waals surface area contributed by atoms with Gasteiger partial charge in [-0.1, -0.05) is 0 Å². The Kier molecular flexibility index (Phi) is 16.8. The van der Waals surface area contributed by atoms with E-state index in [2.05, 4.69) is 3.56 Å². The Hall–Kier alpha value is 1.06. The standard InChI is InChI=1S/C2H5O.BrH.Zn/c1-2-3;;/h2H2,1H3;1H;/q-1;;+1. The summed E-state index contributed by atoms with van der Waals surface area (Å²) in [6.45, 7) is 2.86. The molecular formula is C2H6BrOZn. The molecule has 0 aliphatic rings. The van der Waals surface area contributed by atoms with Crippen molar-refractivity contribution < 1.29 is 22.2 Å². The van der Waals surface area contributed by atoms with Crippen LogP contribution >= 0.6 is 17.0 Å². The van der Waals surface area contributed by atoms with E-state index in [1.165, 1.54) is 0 Å². The summed E-state index contributed by atoms with van der Waals surface area (Å²) in [5, 5.41) is 0. The summed E-state index contributed by atoms with van der Waals surface area (Å²) in [7, 11) is 0. The van der Waals surface area contributed by atoms with E-state index in [-0.39, 0.29) is 17.0 Å². The first-order valence-electron chi connectivity index (χ1n) is 1.28. The van der Waals surface area contributed by atoms with Gasteiger partial charge in [-0.2, -0.15) is 0 Å². The summed E-state index contributed by atoms with van der Waals surface area (Å²) >= 11 is 0.969. The quantitative estimate of drug-likeness (QED) is 0.563. The molecule has 0 N–H and O–H groups in total. The van der Waals surface area contributed by atoms with Crippen LogP contribution in [0.3, 0.4) is 0 Å². The monoisotopic (exact) mass is 189 g/mol. The Morgan fingerprint density at radius 3 is 2.00 bits per heavy atom. The molecule has 0 fully saturated rings. The average molecular weight is 191 g/mol. The zero-order chi connectivity index (χ0) is 3.41. The van der Waals surface area contributed by atoms with E-state index in [0.29, 0.717) is 0 Å². The van der Waals surface area contributed by atoms with Crippen LogP contribution in [0.25, 0.3) is 0 Å². The first-order valence-corrected chi connectivity index (χ1v) is 2.50. The third kappa shape index (κ3) is 11.2. The molecule has 0 aliphatic carbocycles. The van der Waals surface area contributed by atoms with Crippen molar-refractivity contribution in [2.24, 2.45) is 0 Å². The van der Waals surface area contributed by atoms with Gasteiger partial charge < -0.3 is 0 Å². The molecule has 0 bridgehead atoms. The minimum absolute atomic E-state index is 0. The van der Waals surface area contributed by atoms with Crippen LogP contribution in [0.4, 0.5) is 0 Å². The summed E-state index contributed by atoms with van der Waals surface area (Å²) in [5.74, 6) is 0. The molecular weight excluding hydrogens is 185 g/mol. The molecule has 29 valence electrons. The Morgan fingerprint density at radius 2 is 2.00 bits per heavy atom. The molecule has 0 saturated heterocycles. The van der Waals surface area contributed by atoms with Gasteiger partial charge in [-0.25, -0.2) is 0 Å². The molecule has 0 spiro atoms. The Balaban J connectivity index is 0. The van der Waals surface area contributed by atoms with Gasteiger partial charge in [0.15, 0.2) is 0 Å². The number of rotatable bonds is 1. The summed E-state index contributed by atoms with van der Waals surface area (Å²) in [6, 6.07) is 0. The van der Waals surface area contributed by atoms with E-state index >= 15 is 0 Å². The molecule has 0 rings (SSSR count). The predicted molar refractivity (Wildman–Crippen MR) is 21.9 cm³/mol. The number of halogens is 1. The van der Waals surface area contributed by atoms with Gasteiger partial charge in [-0.05, 0) is 0 Å². The van der Waals surface area contributed by atoms with Crippen molar-refractivity contribution in [2.45, 2.75) is 6.92 Å². The Bertz CT molecular complexity index is 11.6. The SMILES string of the molecule is Br.CC[O][Zn]. The number of hydrogen-bond acceptors (Lipinski definition) is 1. The minimum atomic E-state index is 0. The fourth-order valence-electron chi connectivity index (χ4n) is 0. The van der Waals surface area contributed by atoms with Gasteiger partial charge in [0.05, 0.1) is 0 Å². The molecule has 0 unspecified atom stereocenters. The topological polar surface area (TPSA) is 9.23 Å². The molecule has 0 radical (unpaired) electrons. The van der Waals surface area contributed by atoms with Crippen LogP contribution in [0.2, 0.25) is 0 Å². The second kappa shape index (κ2) is 8.91. The maximum atomic E-state index is 4.67. The van der Waals surface area contributed by atoms with Crippen LogP contribution in [0, 0.1) is 0 Å². The zero-order valence-electron chi connectivity index (χ0n) is 3.23. The van der Waals surface area contributed by atoms with Crippen LogP contribution in [0.1, 0.15) is 6.92 Å². The van der Waals surface area contributed by atoms with Gasteiger partial charge in [0.1, 0.15) is 0 Å². The van der Waals surface area contributed by atoms with Crippen molar-refractivity contribution in [3.05, 3.63) is 0 Å². The molecule has 0 heterocycles. The first kappa shape index (κ1) is 9.42. The fourth-order valence-corrected chi connectivity index (χ4v) is 0. The molecule has 0 aromatic rings. The molecule has 1 nitrogen and oxygen atoms in total. The van der Waals surface area contributed by atoms with E-state index in [1.807, 2.05) is 6.92 Å². The van der Waals surface area contributed by atoms with Crippen molar-refractivity contribution >= 4 is 17.0 Å². The average Bonchev–Trinajstić information content (AvgIpc) is 1.37. The molecule has 0 saturated carbocycles. The summed E-state index contributed by atoms with van der Waals surface area (Å²) in [4.78, 5) is 0. The van der Waals surface area contributed by atoms with E-state index in [9.17, 15) is 0 Å². The third-order valence-corrected chi connectivity index (χ3v) is 1.06. The first-order chi connectivity index (χ1) is 1.91. The van der Waals surface area contributed by atoms with Gasteiger partial charge >= 0.3 is 35.8 Å². The second-order valence-electron chi connectivity index (χ2n) is 0.493. The Morgan fingerprint density at radius 1 is 1.80 bits per heavy atom. The normalized spacial score (nSPS) is 6.20. The van der Waals surface area contributed by atoms with Crippen LogP contribution in [0.5, 0.6) is 0 Å². The van der Waals surface area contributed by atoms with E-state index in [4.69, 9.17) is 0 Å². The van der Waals surface area contributed by atoms with Crippen molar-refractivity contribution in [1.82, 2.24) is 0 Å². The molecule has 0 atom stereocenters. The van der Waals surface area contributed by atoms with Crippen molar-refractivity contribution in [3.8, 4) is 0 Å². The molecule has 0 amide bonds. The fraction of sp³-hybridized carbons (Fsp3) is 1.00. The van der Waals surface area contributed by atoms with E-state index in [0.717, 1.165) is 25.3 Å². The maximum absolute atomic E-state index is 4.67. The number of hydrogen-bond donors (Lipinski definition) is 0. The van der Waals surface area contributed by atoms with E-state index in [1.54, 1.807) is 0 Å². The van der Waals surface area contributed by atoms with Crippen molar-refractivity contribution in [1.29, 1.82) is 0 Å². The van der Waals surface area contributed by atoms with Crippen LogP contribution in [-0.4, -0.2) is 6.61 Å². The van der Waals surface area contributed by atoms with Crippen molar-refractivity contribution in [3.63, 3.8) is 0 Å². The molecule has 3 heteroatoms. The molecule has 0 aromatic heterocycles. The molecule has 0 aliphatic heterocycles. The Labute approximate surface area is 52.9 Å². The van der Waals surface area contributed by atoms with Gasteiger partial charge in [0.25, 0.3) is 0 Å². The predicted octanol–water partition coefficient (Wildman–Crippen LogP) is 1.06. The van der Waals surface area contributed by atoms with Crippen molar-refractivity contribution in [2.75, 3.05) is 6.61 Å². The van der Waals surface area contributed by atoms with Gasteiger partial charge in [-0.3, -0.25) is 0 Å². The third-order valence-electron chi connectivity index (χ3n) is 0.204. The van der Waals surface area contributed by atoms with Gasteiger partial charge in [0, 0.05) is 0 Å². The molecule has 5 heavy (non-hydrogen) atoms. The van der Waals surface area contributed by atoms with Crippen LogP contribution in [0.15, 0.2) is 0 Å². The molecule has 0 aromatic carbocycles. The van der Waals surface area contributed by atoms with Crippen LogP contribution in [-0.2, 0) is 22.2 Å².